The Morgan fingerprint density at radius 2 is 1.91 bits per heavy atom. The molecule has 0 radical (unpaired) electrons. The number of halogens is 1. The summed E-state index contributed by atoms with van der Waals surface area (Å²) in [6.45, 7) is 2.45. The number of carbonyl (C=O) groups excluding carboxylic acids is 2. The largest absolute Gasteiger partial charge is 0.464 e. The molecule has 0 aliphatic rings. The van der Waals surface area contributed by atoms with Crippen molar-refractivity contribution in [1.82, 2.24) is 5.32 Å². The lowest BCUT2D eigenvalue weighted by molar-refractivity contribution is -0.146. The van der Waals surface area contributed by atoms with E-state index in [-0.39, 0.29) is 12.5 Å². The van der Waals surface area contributed by atoms with Gasteiger partial charge in [-0.2, -0.15) is 0 Å². The van der Waals surface area contributed by atoms with Gasteiger partial charge < -0.3 is 14.8 Å². The summed E-state index contributed by atoms with van der Waals surface area (Å²) in [5.41, 5.74) is 0.928. The Kier molecular flexibility index (Phi) is 9.07. The van der Waals surface area contributed by atoms with E-state index in [2.05, 4.69) is 5.32 Å². The van der Waals surface area contributed by atoms with Crippen molar-refractivity contribution in [2.75, 3.05) is 19.1 Å². The normalized spacial score (nSPS) is 11.5. The van der Waals surface area contributed by atoms with Crippen LogP contribution in [0, 0.1) is 0 Å². The van der Waals surface area contributed by atoms with E-state index in [1.165, 1.54) is 0 Å². The first-order valence-electron chi connectivity index (χ1n) is 7.37. The average Bonchev–Trinajstić information content (AvgIpc) is 2.53. The summed E-state index contributed by atoms with van der Waals surface area (Å²) in [5, 5.41) is 2.53. The van der Waals surface area contributed by atoms with Crippen molar-refractivity contribution >= 4 is 23.7 Å². The molecule has 1 aromatic carbocycles. The van der Waals surface area contributed by atoms with E-state index in [0.717, 1.165) is 18.4 Å². The molecule has 122 valence electrons. The lowest BCUT2D eigenvalue weighted by Gasteiger charge is -2.17. The Labute approximate surface area is 135 Å². The smallest absolute Gasteiger partial charge is 0.407 e. The van der Waals surface area contributed by atoms with Crippen LogP contribution in [0.1, 0.15) is 25.3 Å². The molecule has 5 nitrogen and oxygen atoms in total. The van der Waals surface area contributed by atoms with Crippen molar-refractivity contribution in [2.24, 2.45) is 0 Å². The molecule has 0 fully saturated rings. The molecule has 1 unspecified atom stereocenters. The second kappa shape index (κ2) is 10.9. The van der Waals surface area contributed by atoms with Gasteiger partial charge in [-0.3, -0.25) is 0 Å². The van der Waals surface area contributed by atoms with E-state index in [9.17, 15) is 9.59 Å². The molecule has 0 saturated heterocycles. The van der Waals surface area contributed by atoms with Gasteiger partial charge in [0.2, 0.25) is 0 Å². The summed E-state index contributed by atoms with van der Waals surface area (Å²) in [6.07, 6.45) is 1.40. The first-order chi connectivity index (χ1) is 10.7. The molecule has 0 heterocycles. The first kappa shape index (κ1) is 18.3. The van der Waals surface area contributed by atoms with Gasteiger partial charge in [0.15, 0.2) is 0 Å². The summed E-state index contributed by atoms with van der Waals surface area (Å²) in [4.78, 5) is 23.8. The van der Waals surface area contributed by atoms with Gasteiger partial charge in [0, 0.05) is 6.42 Å². The van der Waals surface area contributed by atoms with Crippen LogP contribution in [0.2, 0.25) is 0 Å². The van der Waals surface area contributed by atoms with Gasteiger partial charge >= 0.3 is 12.1 Å². The monoisotopic (exact) mass is 327 g/mol. The highest BCUT2D eigenvalue weighted by atomic mass is 35.5. The number of nitrogens with one attached hydrogen (secondary N) is 1. The van der Waals surface area contributed by atoms with E-state index in [4.69, 9.17) is 21.1 Å². The highest BCUT2D eigenvalue weighted by Gasteiger charge is 2.23. The first-order valence-corrected chi connectivity index (χ1v) is 7.90. The van der Waals surface area contributed by atoms with Crippen molar-refractivity contribution in [1.29, 1.82) is 0 Å². The van der Waals surface area contributed by atoms with Gasteiger partial charge in [-0.25, -0.2) is 9.59 Å². The van der Waals surface area contributed by atoms with Crippen LogP contribution in [0.25, 0.3) is 0 Å². The van der Waals surface area contributed by atoms with Crippen LogP contribution in [-0.4, -0.2) is 37.2 Å². The van der Waals surface area contributed by atoms with Crippen LogP contribution in [-0.2, 0) is 20.7 Å². The molecule has 22 heavy (non-hydrogen) atoms. The Hall–Kier alpha value is -1.75. The molecular weight excluding hydrogens is 306 g/mol. The Bertz CT molecular complexity index is 453. The Balaban J connectivity index is 2.63. The zero-order valence-corrected chi connectivity index (χ0v) is 13.5. The topological polar surface area (TPSA) is 64.6 Å². The molecular formula is C16H22ClNO4. The van der Waals surface area contributed by atoms with E-state index >= 15 is 0 Å². The minimum absolute atomic E-state index is 0.0936. The third kappa shape index (κ3) is 7.31. The van der Waals surface area contributed by atoms with Crippen LogP contribution in [0.4, 0.5) is 4.79 Å². The number of ether oxygens (including phenoxy) is 2. The van der Waals surface area contributed by atoms with Gasteiger partial charge in [0.05, 0.1) is 12.5 Å². The second-order valence-electron chi connectivity index (χ2n) is 4.73. The fraction of sp³-hybridized carbons (Fsp3) is 0.500. The predicted octanol–water partition coefficient (Wildman–Crippen LogP) is 2.91. The van der Waals surface area contributed by atoms with Crippen LogP contribution >= 0.6 is 11.6 Å². The summed E-state index contributed by atoms with van der Waals surface area (Å²) in [6, 6.07) is 8.64. The van der Waals surface area contributed by atoms with E-state index < -0.39 is 18.1 Å². The molecule has 0 aliphatic heterocycles. The van der Waals surface area contributed by atoms with Crippen LogP contribution in [0.5, 0.6) is 0 Å². The Morgan fingerprint density at radius 3 is 2.55 bits per heavy atom. The minimum Gasteiger partial charge on any atom is -0.464 e. The number of alkyl halides is 1. The molecule has 6 heteroatoms. The van der Waals surface area contributed by atoms with E-state index in [0.29, 0.717) is 13.0 Å². The van der Waals surface area contributed by atoms with Crippen LogP contribution in [0.3, 0.4) is 0 Å². The highest BCUT2D eigenvalue weighted by molar-refractivity contribution is 6.18. The minimum atomic E-state index is -0.776. The molecule has 1 N–H and O–H groups in total. The van der Waals surface area contributed by atoms with Crippen molar-refractivity contribution in [3.8, 4) is 0 Å². The lowest BCUT2D eigenvalue weighted by atomic mass is 10.1. The third-order valence-electron chi connectivity index (χ3n) is 2.91. The van der Waals surface area contributed by atoms with Gasteiger partial charge in [-0.1, -0.05) is 43.7 Å². The molecule has 1 amide bonds. The number of amides is 1. The van der Waals surface area contributed by atoms with Gasteiger partial charge in [0.25, 0.3) is 0 Å². The van der Waals surface area contributed by atoms with Crippen molar-refractivity contribution in [2.45, 2.75) is 32.2 Å². The number of rotatable bonds is 9. The van der Waals surface area contributed by atoms with Gasteiger partial charge in [-0.15, -0.1) is 11.6 Å². The number of unbranched alkanes of at least 4 members (excludes halogenated alkanes) is 1. The third-order valence-corrected chi connectivity index (χ3v) is 3.07. The van der Waals surface area contributed by atoms with Crippen molar-refractivity contribution in [3.05, 3.63) is 35.9 Å². The average molecular weight is 328 g/mol. The summed E-state index contributed by atoms with van der Waals surface area (Å²) in [5.74, 6) is -0.252. The highest BCUT2D eigenvalue weighted by Crippen LogP contribution is 2.06. The predicted molar refractivity (Wildman–Crippen MR) is 85.0 cm³/mol. The van der Waals surface area contributed by atoms with Gasteiger partial charge in [0.1, 0.15) is 12.6 Å². The van der Waals surface area contributed by atoms with E-state index in [1.807, 2.05) is 37.3 Å². The molecule has 0 saturated carbocycles. The number of hydrogen-bond donors (Lipinski definition) is 1. The van der Waals surface area contributed by atoms with Crippen molar-refractivity contribution < 1.29 is 19.1 Å². The second-order valence-corrected chi connectivity index (χ2v) is 5.11. The molecule has 0 bridgehead atoms. The molecule has 1 aromatic rings. The fourth-order valence-electron chi connectivity index (χ4n) is 1.78. The lowest BCUT2D eigenvalue weighted by Crippen LogP contribution is -2.43. The maximum Gasteiger partial charge on any atom is 0.407 e. The number of esters is 1. The zero-order chi connectivity index (χ0) is 16.2. The quantitative estimate of drug-likeness (QED) is 0.430. The number of hydrogen-bond acceptors (Lipinski definition) is 4. The number of benzene rings is 1. The van der Waals surface area contributed by atoms with Crippen molar-refractivity contribution in [3.63, 3.8) is 0 Å². The van der Waals surface area contributed by atoms with Crippen LogP contribution in [0.15, 0.2) is 30.3 Å². The number of carbonyl (C=O) groups is 2. The maximum absolute atomic E-state index is 12.1. The molecule has 0 aliphatic carbocycles. The fourth-order valence-corrected chi connectivity index (χ4v) is 1.85. The maximum atomic E-state index is 12.1. The molecule has 1 rings (SSSR count). The van der Waals surface area contributed by atoms with Crippen LogP contribution < -0.4 is 5.32 Å². The summed E-state index contributed by atoms with van der Waals surface area (Å²) in [7, 11) is 0. The summed E-state index contributed by atoms with van der Waals surface area (Å²) < 4.78 is 10.0. The Morgan fingerprint density at radius 1 is 1.18 bits per heavy atom. The standard InChI is InChI=1S/C16H22ClNO4/c1-2-3-10-21-15(19)14(18-16(20)22-11-9-17)12-13-7-5-4-6-8-13/h4-8,14H,2-3,9-12H2,1H3,(H,18,20). The molecule has 1 atom stereocenters. The number of alkyl carbamates (subject to hydrolysis) is 1. The zero-order valence-electron chi connectivity index (χ0n) is 12.7. The molecule has 0 spiro atoms. The van der Waals surface area contributed by atoms with Gasteiger partial charge in [-0.05, 0) is 12.0 Å². The van der Waals surface area contributed by atoms with E-state index in [1.54, 1.807) is 0 Å². The molecule has 0 aromatic heterocycles. The summed E-state index contributed by atoms with van der Waals surface area (Å²) >= 11 is 5.46. The SMILES string of the molecule is CCCCOC(=O)C(Cc1ccccc1)NC(=O)OCCCl.